The van der Waals surface area contributed by atoms with Gasteiger partial charge in [-0.15, -0.1) is 0 Å². The lowest BCUT2D eigenvalue weighted by atomic mass is 10.2. The first-order valence-electron chi connectivity index (χ1n) is 6.61. The Bertz CT molecular complexity index is 970. The van der Waals surface area contributed by atoms with Crippen molar-refractivity contribution in [1.29, 1.82) is 0 Å². The second kappa shape index (κ2) is 5.69. The molecule has 0 amide bonds. The van der Waals surface area contributed by atoms with Gasteiger partial charge in [0.25, 0.3) is 5.56 Å². The molecule has 2 N–H and O–H groups in total. The average Bonchev–Trinajstić information content (AvgIpc) is 2.53. The van der Waals surface area contributed by atoms with Crippen LogP contribution in [0.5, 0.6) is 5.75 Å². The Morgan fingerprint density at radius 3 is 2.77 bits per heavy atom. The summed E-state index contributed by atoms with van der Waals surface area (Å²) in [7, 11) is 1.61. The van der Waals surface area contributed by atoms with Crippen LogP contribution < -0.4 is 16.0 Å². The molecule has 0 radical (unpaired) electrons. The Morgan fingerprint density at radius 1 is 1.09 bits per heavy atom. The first-order valence-corrected chi connectivity index (χ1v) is 6.61. The number of H-pyrrole nitrogens is 2. The van der Waals surface area contributed by atoms with E-state index in [-0.39, 0.29) is 5.52 Å². The summed E-state index contributed by atoms with van der Waals surface area (Å²) in [5, 5.41) is 0. The second-order valence-electron chi connectivity index (χ2n) is 4.65. The minimum atomic E-state index is -0.543. The molecule has 0 atom stereocenters. The molecule has 0 aliphatic heterocycles. The van der Waals surface area contributed by atoms with Gasteiger partial charge in [0.05, 0.1) is 18.3 Å². The van der Waals surface area contributed by atoms with Crippen LogP contribution in [0, 0.1) is 0 Å². The number of pyridine rings is 1. The Balaban J connectivity index is 1.98. The van der Waals surface area contributed by atoms with Gasteiger partial charge < -0.3 is 9.72 Å². The van der Waals surface area contributed by atoms with E-state index in [4.69, 9.17) is 4.74 Å². The van der Waals surface area contributed by atoms with Crippen molar-refractivity contribution in [3.8, 4) is 5.75 Å². The lowest BCUT2D eigenvalue weighted by Crippen LogP contribution is -2.22. The molecule has 2 heterocycles. The van der Waals surface area contributed by atoms with Gasteiger partial charge in [0.2, 0.25) is 0 Å². The van der Waals surface area contributed by atoms with Crippen LogP contribution in [-0.2, 0) is 0 Å². The number of nitrogens with zero attached hydrogens (tertiary/aromatic N) is 1. The van der Waals surface area contributed by atoms with Crippen molar-refractivity contribution in [3.63, 3.8) is 0 Å². The van der Waals surface area contributed by atoms with E-state index in [1.807, 2.05) is 30.3 Å². The van der Waals surface area contributed by atoms with Crippen molar-refractivity contribution in [2.75, 3.05) is 7.11 Å². The predicted molar refractivity (Wildman–Crippen MR) is 84.9 cm³/mol. The van der Waals surface area contributed by atoms with Crippen LogP contribution in [0.4, 0.5) is 0 Å². The molecule has 0 bridgehead atoms. The Labute approximate surface area is 125 Å². The van der Waals surface area contributed by atoms with E-state index in [0.717, 1.165) is 11.3 Å². The van der Waals surface area contributed by atoms with Crippen LogP contribution in [-0.4, -0.2) is 22.1 Å². The Morgan fingerprint density at radius 2 is 1.95 bits per heavy atom. The Hall–Kier alpha value is -3.15. The summed E-state index contributed by atoms with van der Waals surface area (Å²) in [6, 6.07) is 11.0. The van der Waals surface area contributed by atoms with Gasteiger partial charge in [0.15, 0.2) is 5.52 Å². The third-order valence-electron chi connectivity index (χ3n) is 3.15. The molecule has 6 nitrogen and oxygen atoms in total. The van der Waals surface area contributed by atoms with E-state index >= 15 is 0 Å². The number of hydrogen-bond acceptors (Lipinski definition) is 4. The van der Waals surface area contributed by atoms with E-state index < -0.39 is 11.2 Å². The fourth-order valence-corrected chi connectivity index (χ4v) is 2.08. The van der Waals surface area contributed by atoms with Crippen LogP contribution in [0.3, 0.4) is 0 Å². The average molecular weight is 295 g/mol. The first-order chi connectivity index (χ1) is 10.7. The van der Waals surface area contributed by atoms with Gasteiger partial charge in [-0.25, -0.2) is 9.78 Å². The molecular formula is C16H13N3O3. The number of aromatic amines is 2. The molecule has 110 valence electrons. The van der Waals surface area contributed by atoms with Crippen molar-refractivity contribution in [2.45, 2.75) is 0 Å². The molecule has 3 rings (SSSR count). The smallest absolute Gasteiger partial charge is 0.326 e. The van der Waals surface area contributed by atoms with Gasteiger partial charge in [0.1, 0.15) is 5.75 Å². The number of aromatic nitrogens is 3. The lowest BCUT2D eigenvalue weighted by Gasteiger charge is -2.00. The summed E-state index contributed by atoms with van der Waals surface area (Å²) >= 11 is 0. The highest BCUT2D eigenvalue weighted by molar-refractivity contribution is 5.76. The van der Waals surface area contributed by atoms with E-state index in [1.54, 1.807) is 25.3 Å². The number of benzene rings is 1. The number of ether oxygens (including phenoxy) is 1. The van der Waals surface area contributed by atoms with Crippen molar-refractivity contribution in [1.82, 2.24) is 15.0 Å². The van der Waals surface area contributed by atoms with Gasteiger partial charge in [0, 0.05) is 0 Å². The molecule has 0 saturated heterocycles. The molecular weight excluding hydrogens is 282 g/mol. The van der Waals surface area contributed by atoms with E-state index in [0.29, 0.717) is 11.2 Å². The van der Waals surface area contributed by atoms with E-state index in [1.165, 1.54) is 0 Å². The predicted octanol–water partition coefficient (Wildman–Crippen LogP) is 1.79. The normalized spacial score (nSPS) is 11.1. The molecule has 1 aromatic carbocycles. The molecule has 0 aliphatic rings. The van der Waals surface area contributed by atoms with Crippen LogP contribution in [0.1, 0.15) is 11.3 Å². The highest BCUT2D eigenvalue weighted by atomic mass is 16.5. The zero-order valence-corrected chi connectivity index (χ0v) is 11.8. The number of nitrogens with one attached hydrogen (secondary N) is 2. The monoisotopic (exact) mass is 295 g/mol. The molecule has 22 heavy (non-hydrogen) atoms. The topological polar surface area (TPSA) is 87.8 Å². The molecule has 0 aliphatic carbocycles. The summed E-state index contributed by atoms with van der Waals surface area (Å²) in [6.45, 7) is 0. The van der Waals surface area contributed by atoms with Crippen molar-refractivity contribution in [2.24, 2.45) is 0 Å². The van der Waals surface area contributed by atoms with E-state index in [2.05, 4.69) is 15.0 Å². The molecule has 0 saturated carbocycles. The van der Waals surface area contributed by atoms with Crippen LogP contribution in [0.2, 0.25) is 0 Å². The summed E-state index contributed by atoms with van der Waals surface area (Å²) in [5.74, 6) is 0.766. The third-order valence-corrected chi connectivity index (χ3v) is 3.15. The number of methoxy groups -OCH3 is 1. The first kappa shape index (κ1) is 13.8. The van der Waals surface area contributed by atoms with Crippen molar-refractivity contribution < 1.29 is 4.74 Å². The molecule has 3 aromatic rings. The molecule has 0 spiro atoms. The van der Waals surface area contributed by atoms with E-state index in [9.17, 15) is 9.59 Å². The SMILES string of the molecule is COc1cccc(/C=C/c2ccc3[nH]c(=O)[nH]c(=O)c3n2)c1. The van der Waals surface area contributed by atoms with Gasteiger partial charge in [-0.2, -0.15) is 0 Å². The number of rotatable bonds is 3. The fraction of sp³-hybridized carbons (Fsp3) is 0.0625. The standard InChI is InChI=1S/C16H13N3O3/c1-22-12-4-2-3-10(9-12)5-6-11-7-8-13-14(17-11)15(20)19-16(21)18-13/h2-9H,1H3,(H2,18,19,20,21)/b6-5+. The zero-order chi connectivity index (χ0) is 15.5. The van der Waals surface area contributed by atoms with Crippen LogP contribution in [0.25, 0.3) is 23.2 Å². The van der Waals surface area contributed by atoms with Crippen molar-refractivity contribution in [3.05, 3.63) is 68.5 Å². The fourth-order valence-electron chi connectivity index (χ4n) is 2.08. The maximum absolute atomic E-state index is 11.7. The second-order valence-corrected chi connectivity index (χ2v) is 4.65. The summed E-state index contributed by atoms with van der Waals surface area (Å²) in [5.41, 5.74) is 1.14. The Kier molecular flexibility index (Phi) is 3.57. The van der Waals surface area contributed by atoms with Gasteiger partial charge in [-0.05, 0) is 35.9 Å². The molecule has 0 unspecified atom stereocenters. The van der Waals surface area contributed by atoms with Crippen LogP contribution in [0.15, 0.2) is 46.0 Å². The van der Waals surface area contributed by atoms with Gasteiger partial charge >= 0.3 is 5.69 Å². The molecule has 2 aromatic heterocycles. The summed E-state index contributed by atoms with van der Waals surface area (Å²) in [4.78, 5) is 31.9. The summed E-state index contributed by atoms with van der Waals surface area (Å²) in [6.07, 6.45) is 3.66. The van der Waals surface area contributed by atoms with Crippen molar-refractivity contribution >= 4 is 23.2 Å². The lowest BCUT2D eigenvalue weighted by molar-refractivity contribution is 0.414. The minimum absolute atomic E-state index is 0.201. The minimum Gasteiger partial charge on any atom is -0.497 e. The maximum Gasteiger partial charge on any atom is 0.326 e. The molecule has 0 fully saturated rings. The van der Waals surface area contributed by atoms with Gasteiger partial charge in [-0.3, -0.25) is 9.78 Å². The largest absolute Gasteiger partial charge is 0.497 e. The third kappa shape index (κ3) is 2.80. The van der Waals surface area contributed by atoms with Gasteiger partial charge in [-0.1, -0.05) is 18.2 Å². The van der Waals surface area contributed by atoms with Crippen LogP contribution >= 0.6 is 0 Å². The maximum atomic E-state index is 11.7. The highest BCUT2D eigenvalue weighted by Gasteiger charge is 2.02. The number of fused-ring (bicyclic) bond motifs is 1. The quantitative estimate of drug-likeness (QED) is 0.771. The highest BCUT2D eigenvalue weighted by Crippen LogP contribution is 2.15. The number of hydrogen-bond donors (Lipinski definition) is 2. The zero-order valence-electron chi connectivity index (χ0n) is 11.8. The summed E-state index contributed by atoms with van der Waals surface area (Å²) < 4.78 is 5.16. The molecule has 6 heteroatoms.